The number of aliphatic hydroxyl groups is 3. The fourth-order valence-corrected chi connectivity index (χ4v) is 10.8. The minimum atomic E-state index is -1.07. The molecular formula is C30H48O5. The third kappa shape index (κ3) is 3.01. The van der Waals surface area contributed by atoms with Crippen LogP contribution in [-0.4, -0.2) is 45.2 Å². The number of aliphatic hydroxyl groups excluding tert-OH is 3. The van der Waals surface area contributed by atoms with Gasteiger partial charge in [0.2, 0.25) is 0 Å². The quantitative estimate of drug-likeness (QED) is 0.402. The third-order valence-corrected chi connectivity index (χ3v) is 13.2. The van der Waals surface area contributed by atoms with Crippen molar-refractivity contribution in [2.45, 2.75) is 112 Å². The maximum absolute atomic E-state index is 12.8. The summed E-state index contributed by atoms with van der Waals surface area (Å²) in [7, 11) is 0. The zero-order chi connectivity index (χ0) is 25.8. The number of aliphatic carboxylic acids is 1. The van der Waals surface area contributed by atoms with Crippen molar-refractivity contribution in [1.82, 2.24) is 0 Å². The van der Waals surface area contributed by atoms with E-state index >= 15 is 0 Å². The summed E-state index contributed by atoms with van der Waals surface area (Å²) in [5.41, 5.74) is -0.522. The van der Waals surface area contributed by atoms with Gasteiger partial charge in [-0.1, -0.05) is 53.2 Å². The van der Waals surface area contributed by atoms with Crippen LogP contribution in [0.1, 0.15) is 99.3 Å². The number of rotatable bonds is 2. The Morgan fingerprint density at radius 2 is 1.60 bits per heavy atom. The van der Waals surface area contributed by atoms with Gasteiger partial charge in [-0.05, 0) is 97.2 Å². The molecule has 5 rings (SSSR count). The first-order valence-electron chi connectivity index (χ1n) is 14.0. The molecule has 4 fully saturated rings. The minimum absolute atomic E-state index is 0.00707. The van der Waals surface area contributed by atoms with Gasteiger partial charge in [0.25, 0.3) is 0 Å². The van der Waals surface area contributed by atoms with Crippen LogP contribution in [-0.2, 0) is 4.79 Å². The van der Waals surface area contributed by atoms with Gasteiger partial charge < -0.3 is 20.4 Å². The summed E-state index contributed by atoms with van der Waals surface area (Å²) in [5.74, 6) is -0.323. The van der Waals surface area contributed by atoms with Crippen molar-refractivity contribution in [1.29, 1.82) is 0 Å². The van der Waals surface area contributed by atoms with Crippen molar-refractivity contribution in [2.75, 3.05) is 6.61 Å². The molecular weight excluding hydrogens is 440 g/mol. The summed E-state index contributed by atoms with van der Waals surface area (Å²) in [6.45, 7) is 13.7. The highest BCUT2D eigenvalue weighted by molar-refractivity contribution is 5.77. The average molecular weight is 489 g/mol. The summed E-state index contributed by atoms with van der Waals surface area (Å²) in [6.07, 6.45) is 8.30. The Kier molecular flexibility index (Phi) is 5.56. The first-order valence-corrected chi connectivity index (χ1v) is 14.0. The molecule has 0 aliphatic heterocycles. The van der Waals surface area contributed by atoms with Gasteiger partial charge in [0, 0.05) is 5.41 Å². The van der Waals surface area contributed by atoms with E-state index in [2.05, 4.69) is 47.6 Å². The van der Waals surface area contributed by atoms with Crippen molar-refractivity contribution < 1.29 is 25.2 Å². The fourth-order valence-electron chi connectivity index (χ4n) is 10.8. The topological polar surface area (TPSA) is 98.0 Å². The zero-order valence-corrected chi connectivity index (χ0v) is 22.7. The molecule has 4 saturated carbocycles. The van der Waals surface area contributed by atoms with Crippen LogP contribution in [0, 0.1) is 50.2 Å². The standard InChI is InChI=1S/C30H48O5/c1-25(2)13-14-30(24(34)35)19(15-25)18-7-8-21-26(3)11-10-22(32)27(4,17-31)20(26)9-12-28(21,5)29(18,6)16-23(30)33/h7,19-23,31-33H,8-17H2,1-6H3,(H,34,35)/t19-,20+,21+,22-,23+,26-,27-,28+,29+,30+/m0/s1. The number of carboxylic acid groups (broad SMARTS) is 1. The molecule has 0 aromatic rings. The fraction of sp³-hybridized carbons (Fsp3) is 0.900. The number of hydrogen-bond donors (Lipinski definition) is 4. The summed E-state index contributed by atoms with van der Waals surface area (Å²) in [4.78, 5) is 12.8. The van der Waals surface area contributed by atoms with Gasteiger partial charge >= 0.3 is 5.97 Å². The third-order valence-electron chi connectivity index (χ3n) is 13.2. The van der Waals surface area contributed by atoms with E-state index in [1.807, 2.05) is 0 Å². The van der Waals surface area contributed by atoms with Gasteiger partial charge in [0.05, 0.1) is 18.8 Å². The lowest BCUT2D eigenvalue weighted by Gasteiger charge is -2.71. The summed E-state index contributed by atoms with van der Waals surface area (Å²) >= 11 is 0. The first kappa shape index (κ1) is 25.7. The highest BCUT2D eigenvalue weighted by Gasteiger charge is 2.71. The van der Waals surface area contributed by atoms with Crippen LogP contribution in [0.4, 0.5) is 0 Å². The summed E-state index contributed by atoms with van der Waals surface area (Å²) < 4.78 is 0. The Morgan fingerprint density at radius 3 is 2.23 bits per heavy atom. The molecule has 0 saturated heterocycles. The first-order chi connectivity index (χ1) is 16.1. The van der Waals surface area contributed by atoms with Crippen molar-refractivity contribution in [2.24, 2.45) is 50.2 Å². The van der Waals surface area contributed by atoms with E-state index in [0.717, 1.165) is 38.5 Å². The van der Waals surface area contributed by atoms with Gasteiger partial charge in [-0.3, -0.25) is 4.79 Å². The van der Waals surface area contributed by atoms with E-state index < -0.39 is 29.0 Å². The molecule has 0 spiro atoms. The zero-order valence-electron chi connectivity index (χ0n) is 22.7. The van der Waals surface area contributed by atoms with E-state index in [0.29, 0.717) is 25.2 Å². The molecule has 5 aliphatic carbocycles. The van der Waals surface area contributed by atoms with E-state index in [1.54, 1.807) is 0 Å². The molecule has 0 aromatic heterocycles. The molecule has 0 unspecified atom stereocenters. The number of fused-ring (bicyclic) bond motifs is 7. The molecule has 10 atom stereocenters. The lowest BCUT2D eigenvalue weighted by Crippen LogP contribution is -2.68. The minimum Gasteiger partial charge on any atom is -0.481 e. The molecule has 5 aliphatic rings. The van der Waals surface area contributed by atoms with Gasteiger partial charge in [-0.25, -0.2) is 0 Å². The predicted octanol–water partition coefficient (Wildman–Crippen LogP) is 5.18. The highest BCUT2D eigenvalue weighted by atomic mass is 16.4. The van der Waals surface area contributed by atoms with E-state index in [9.17, 15) is 25.2 Å². The van der Waals surface area contributed by atoms with Gasteiger partial charge in [-0.2, -0.15) is 0 Å². The smallest absolute Gasteiger partial charge is 0.312 e. The average Bonchev–Trinajstić information content (AvgIpc) is 2.76. The summed E-state index contributed by atoms with van der Waals surface area (Å²) in [6, 6.07) is 0. The number of carboxylic acids is 1. The molecule has 0 heterocycles. The Balaban J connectivity index is 1.63. The normalized spacial score (nSPS) is 55.0. The second-order valence-electron chi connectivity index (χ2n) is 15.0. The van der Waals surface area contributed by atoms with Crippen molar-refractivity contribution in [3.8, 4) is 0 Å². The van der Waals surface area contributed by atoms with Crippen LogP contribution in [0.25, 0.3) is 0 Å². The van der Waals surface area contributed by atoms with Crippen LogP contribution in [0.3, 0.4) is 0 Å². The van der Waals surface area contributed by atoms with E-state index in [-0.39, 0.29) is 40.1 Å². The van der Waals surface area contributed by atoms with Gasteiger partial charge in [0.15, 0.2) is 0 Å². The van der Waals surface area contributed by atoms with E-state index in [1.165, 1.54) is 5.57 Å². The van der Waals surface area contributed by atoms with Crippen LogP contribution in [0.15, 0.2) is 11.6 Å². The number of carbonyl (C=O) groups is 1. The molecule has 5 nitrogen and oxygen atoms in total. The molecule has 0 radical (unpaired) electrons. The molecule has 5 heteroatoms. The lowest BCUT2D eigenvalue weighted by molar-refractivity contribution is -0.226. The molecule has 198 valence electrons. The lowest BCUT2D eigenvalue weighted by atomic mass is 9.33. The predicted molar refractivity (Wildman–Crippen MR) is 135 cm³/mol. The maximum Gasteiger partial charge on any atom is 0.312 e. The Labute approximate surface area is 211 Å². The summed E-state index contributed by atoms with van der Waals surface area (Å²) in [5, 5.41) is 43.5. The highest BCUT2D eigenvalue weighted by Crippen LogP contribution is 2.75. The van der Waals surface area contributed by atoms with Gasteiger partial charge in [0.1, 0.15) is 5.41 Å². The van der Waals surface area contributed by atoms with Crippen LogP contribution in [0.5, 0.6) is 0 Å². The van der Waals surface area contributed by atoms with Crippen molar-refractivity contribution >= 4 is 5.97 Å². The SMILES string of the molecule is CC1(C)CC[C@]2(C(=O)O)[C@H](O)C[C@]3(C)C(=CC[C@@H]4[C@@]5(C)CC[C@H](O)[C@@](C)(CO)[C@@H]5CC[C@]43C)[C@@H]2C1. The number of hydrogen-bond acceptors (Lipinski definition) is 4. The van der Waals surface area contributed by atoms with Crippen molar-refractivity contribution in [3.05, 3.63) is 11.6 Å². The maximum atomic E-state index is 12.8. The molecule has 35 heavy (non-hydrogen) atoms. The number of allylic oxidation sites excluding steroid dienone is 2. The van der Waals surface area contributed by atoms with Crippen LogP contribution >= 0.6 is 0 Å². The Bertz CT molecular complexity index is 941. The second kappa shape index (κ2) is 7.57. The monoisotopic (exact) mass is 488 g/mol. The van der Waals surface area contributed by atoms with Gasteiger partial charge in [-0.15, -0.1) is 0 Å². The molecule has 0 aromatic carbocycles. The molecule has 0 bridgehead atoms. The Hall–Kier alpha value is -0.910. The molecule has 0 amide bonds. The van der Waals surface area contributed by atoms with Crippen LogP contribution in [0.2, 0.25) is 0 Å². The van der Waals surface area contributed by atoms with Crippen LogP contribution < -0.4 is 0 Å². The second-order valence-corrected chi connectivity index (χ2v) is 15.0. The largest absolute Gasteiger partial charge is 0.481 e. The molecule has 4 N–H and O–H groups in total. The van der Waals surface area contributed by atoms with E-state index in [4.69, 9.17) is 0 Å². The Morgan fingerprint density at radius 1 is 0.914 bits per heavy atom. The van der Waals surface area contributed by atoms with Crippen molar-refractivity contribution in [3.63, 3.8) is 0 Å².